The number of carbonyl (C=O) groups excluding carboxylic acids is 1. The smallest absolute Gasteiger partial charge is 0.319 e. The molecule has 156 valence electrons. The Kier molecular flexibility index (Phi) is 5.75. The molecule has 2 aromatic rings. The van der Waals surface area contributed by atoms with E-state index < -0.39 is 10.0 Å². The SMILES string of the molecule is COc1ccc(S(=O)(=O)N2CCCc3cc(NC(=O)NC(C)(C)C)ccc32)cc1. The molecule has 0 bridgehead atoms. The first-order valence-corrected chi connectivity index (χ1v) is 10.9. The van der Waals surface area contributed by atoms with Crippen molar-refractivity contribution >= 4 is 27.4 Å². The number of rotatable bonds is 4. The van der Waals surface area contributed by atoms with Gasteiger partial charge in [0, 0.05) is 17.8 Å². The van der Waals surface area contributed by atoms with Crippen LogP contribution in [0.15, 0.2) is 47.4 Å². The molecule has 0 unspecified atom stereocenters. The van der Waals surface area contributed by atoms with Crippen molar-refractivity contribution in [1.29, 1.82) is 0 Å². The number of anilines is 2. The summed E-state index contributed by atoms with van der Waals surface area (Å²) >= 11 is 0. The summed E-state index contributed by atoms with van der Waals surface area (Å²) in [6, 6.07) is 11.4. The summed E-state index contributed by atoms with van der Waals surface area (Å²) in [5, 5.41) is 5.66. The number of nitrogens with one attached hydrogen (secondary N) is 2. The molecular formula is C21H27N3O4S. The number of nitrogens with zero attached hydrogens (tertiary/aromatic N) is 1. The molecule has 8 heteroatoms. The standard InChI is InChI=1S/C21H27N3O4S/c1-21(2,3)23-20(25)22-16-7-12-19-15(14-16)6-5-13-24(19)29(26,27)18-10-8-17(28-4)9-11-18/h7-12,14H,5-6,13H2,1-4H3,(H2,22,23,25). The normalized spacial score (nSPS) is 14.1. The van der Waals surface area contributed by atoms with Gasteiger partial charge in [-0.1, -0.05) is 0 Å². The lowest BCUT2D eigenvalue weighted by Crippen LogP contribution is -2.43. The largest absolute Gasteiger partial charge is 0.497 e. The Balaban J connectivity index is 1.86. The first kappa shape index (κ1) is 21.0. The van der Waals surface area contributed by atoms with Crippen LogP contribution in [0.2, 0.25) is 0 Å². The molecule has 1 aliphatic heterocycles. The van der Waals surface area contributed by atoms with E-state index >= 15 is 0 Å². The maximum atomic E-state index is 13.2. The molecule has 0 radical (unpaired) electrons. The topological polar surface area (TPSA) is 87.7 Å². The fourth-order valence-electron chi connectivity index (χ4n) is 3.27. The molecule has 0 aliphatic carbocycles. The molecule has 0 saturated carbocycles. The molecule has 0 atom stereocenters. The van der Waals surface area contributed by atoms with Crippen molar-refractivity contribution in [2.75, 3.05) is 23.3 Å². The van der Waals surface area contributed by atoms with Gasteiger partial charge in [0.1, 0.15) is 5.75 Å². The fourth-order valence-corrected chi connectivity index (χ4v) is 4.81. The summed E-state index contributed by atoms with van der Waals surface area (Å²) < 4.78 is 32.9. The number of amides is 2. The molecule has 2 N–H and O–H groups in total. The summed E-state index contributed by atoms with van der Waals surface area (Å²) in [7, 11) is -2.14. The van der Waals surface area contributed by atoms with E-state index in [1.807, 2.05) is 26.8 Å². The predicted octanol–water partition coefficient (Wildman–Crippen LogP) is 3.76. The van der Waals surface area contributed by atoms with Crippen LogP contribution in [-0.2, 0) is 16.4 Å². The molecule has 0 aromatic heterocycles. The quantitative estimate of drug-likeness (QED) is 0.793. The highest BCUT2D eigenvalue weighted by molar-refractivity contribution is 7.92. The zero-order chi connectivity index (χ0) is 21.2. The van der Waals surface area contributed by atoms with E-state index in [2.05, 4.69) is 10.6 Å². The van der Waals surface area contributed by atoms with Gasteiger partial charge in [0.2, 0.25) is 0 Å². The van der Waals surface area contributed by atoms with Gasteiger partial charge in [-0.3, -0.25) is 4.31 Å². The first-order valence-electron chi connectivity index (χ1n) is 9.49. The molecular weight excluding hydrogens is 390 g/mol. The van der Waals surface area contributed by atoms with Crippen molar-refractivity contribution in [1.82, 2.24) is 5.32 Å². The van der Waals surface area contributed by atoms with Crippen molar-refractivity contribution in [3.63, 3.8) is 0 Å². The van der Waals surface area contributed by atoms with Crippen molar-refractivity contribution < 1.29 is 17.9 Å². The Morgan fingerprint density at radius 2 is 1.79 bits per heavy atom. The number of methoxy groups -OCH3 is 1. The van der Waals surface area contributed by atoms with Gasteiger partial charge >= 0.3 is 6.03 Å². The van der Waals surface area contributed by atoms with E-state index in [1.54, 1.807) is 36.4 Å². The molecule has 1 heterocycles. The van der Waals surface area contributed by atoms with E-state index in [-0.39, 0.29) is 16.5 Å². The van der Waals surface area contributed by atoms with Crippen LogP contribution in [-0.4, -0.2) is 33.6 Å². The third kappa shape index (κ3) is 4.82. The minimum Gasteiger partial charge on any atom is -0.497 e. The van der Waals surface area contributed by atoms with Crippen LogP contribution < -0.4 is 19.7 Å². The van der Waals surface area contributed by atoms with Gasteiger partial charge in [-0.15, -0.1) is 0 Å². The molecule has 3 rings (SSSR count). The molecule has 0 fully saturated rings. The second-order valence-electron chi connectivity index (χ2n) is 8.03. The Hall–Kier alpha value is -2.74. The van der Waals surface area contributed by atoms with Gasteiger partial charge in [-0.25, -0.2) is 13.2 Å². The summed E-state index contributed by atoms with van der Waals surface area (Å²) in [6.07, 6.45) is 1.46. The van der Waals surface area contributed by atoms with E-state index in [9.17, 15) is 13.2 Å². The van der Waals surface area contributed by atoms with Gasteiger partial charge in [0.25, 0.3) is 10.0 Å². The van der Waals surface area contributed by atoms with E-state index in [0.29, 0.717) is 30.1 Å². The molecule has 2 aromatic carbocycles. The maximum Gasteiger partial charge on any atom is 0.319 e. The van der Waals surface area contributed by atoms with Crippen LogP contribution in [0.5, 0.6) is 5.75 Å². The number of carbonyl (C=O) groups is 1. The van der Waals surface area contributed by atoms with E-state index in [4.69, 9.17) is 4.74 Å². The Labute approximate surface area is 172 Å². The third-order valence-corrected chi connectivity index (χ3v) is 6.38. The van der Waals surface area contributed by atoms with Gasteiger partial charge in [0.15, 0.2) is 0 Å². The number of hydrogen-bond donors (Lipinski definition) is 2. The Morgan fingerprint density at radius 3 is 2.41 bits per heavy atom. The van der Waals surface area contributed by atoms with Crippen molar-refractivity contribution in [3.8, 4) is 5.75 Å². The van der Waals surface area contributed by atoms with Crippen LogP contribution in [0, 0.1) is 0 Å². The van der Waals surface area contributed by atoms with E-state index in [1.165, 1.54) is 11.4 Å². The maximum absolute atomic E-state index is 13.2. The number of sulfonamides is 1. The van der Waals surface area contributed by atoms with Crippen molar-refractivity contribution in [3.05, 3.63) is 48.0 Å². The van der Waals surface area contributed by atoms with Gasteiger partial charge in [-0.2, -0.15) is 0 Å². The van der Waals surface area contributed by atoms with Gasteiger partial charge < -0.3 is 15.4 Å². The molecule has 0 saturated heterocycles. The average molecular weight is 418 g/mol. The number of aryl methyl sites for hydroxylation is 1. The predicted molar refractivity (Wildman–Crippen MR) is 114 cm³/mol. The van der Waals surface area contributed by atoms with Crippen LogP contribution in [0.3, 0.4) is 0 Å². The zero-order valence-corrected chi connectivity index (χ0v) is 18.0. The molecule has 29 heavy (non-hydrogen) atoms. The number of ether oxygens (including phenoxy) is 1. The molecule has 0 spiro atoms. The lowest BCUT2D eigenvalue weighted by atomic mass is 10.0. The first-order chi connectivity index (χ1) is 13.6. The number of urea groups is 1. The number of hydrogen-bond acceptors (Lipinski definition) is 4. The Bertz CT molecular complexity index is 996. The molecule has 7 nitrogen and oxygen atoms in total. The molecule has 2 amide bonds. The highest BCUT2D eigenvalue weighted by Crippen LogP contribution is 2.34. The van der Waals surface area contributed by atoms with Gasteiger partial charge in [0.05, 0.1) is 17.7 Å². The Morgan fingerprint density at radius 1 is 1.10 bits per heavy atom. The summed E-state index contributed by atoms with van der Waals surface area (Å²) in [4.78, 5) is 12.3. The zero-order valence-electron chi connectivity index (χ0n) is 17.2. The van der Waals surface area contributed by atoms with E-state index in [0.717, 1.165) is 12.0 Å². The number of benzene rings is 2. The summed E-state index contributed by atoms with van der Waals surface area (Å²) in [5.41, 5.74) is 1.83. The fraction of sp³-hybridized carbons (Fsp3) is 0.381. The second kappa shape index (κ2) is 7.94. The van der Waals surface area contributed by atoms with Crippen LogP contribution in [0.1, 0.15) is 32.8 Å². The second-order valence-corrected chi connectivity index (χ2v) is 9.89. The van der Waals surface area contributed by atoms with Crippen molar-refractivity contribution in [2.45, 2.75) is 44.0 Å². The summed E-state index contributed by atoms with van der Waals surface area (Å²) in [5.74, 6) is 0.604. The minimum absolute atomic E-state index is 0.220. The lowest BCUT2D eigenvalue weighted by Gasteiger charge is -2.31. The lowest BCUT2D eigenvalue weighted by molar-refractivity contribution is 0.244. The average Bonchev–Trinajstić information content (AvgIpc) is 2.65. The third-order valence-electron chi connectivity index (χ3n) is 4.55. The highest BCUT2D eigenvalue weighted by Gasteiger charge is 2.29. The van der Waals surface area contributed by atoms with Crippen LogP contribution in [0.4, 0.5) is 16.2 Å². The molecule has 1 aliphatic rings. The van der Waals surface area contributed by atoms with Crippen LogP contribution in [0.25, 0.3) is 0 Å². The minimum atomic E-state index is -3.68. The highest BCUT2D eigenvalue weighted by atomic mass is 32.2. The summed E-state index contributed by atoms with van der Waals surface area (Å²) in [6.45, 7) is 6.13. The number of fused-ring (bicyclic) bond motifs is 1. The van der Waals surface area contributed by atoms with Crippen LogP contribution >= 0.6 is 0 Å². The van der Waals surface area contributed by atoms with Crippen molar-refractivity contribution in [2.24, 2.45) is 0 Å². The monoisotopic (exact) mass is 417 g/mol. The van der Waals surface area contributed by atoms with Gasteiger partial charge in [-0.05, 0) is 81.6 Å².